The molecule has 0 N–H and O–H groups in total. The van der Waals surface area contributed by atoms with Crippen molar-refractivity contribution in [2.75, 3.05) is 6.61 Å². The third-order valence-corrected chi connectivity index (χ3v) is 5.41. The Morgan fingerprint density at radius 2 is 1.25 bits per heavy atom. The summed E-state index contributed by atoms with van der Waals surface area (Å²) in [5.41, 5.74) is 0. The molecule has 0 aliphatic carbocycles. The second-order valence-electron chi connectivity index (χ2n) is 7.70. The maximum Gasteiger partial charge on any atom is 1.00 e. The predicted molar refractivity (Wildman–Crippen MR) is 113 cm³/mol. The summed E-state index contributed by atoms with van der Waals surface area (Å²) in [7, 11) is -4.60. The number of rotatable bonds is 20. The van der Waals surface area contributed by atoms with Crippen molar-refractivity contribution in [1.82, 2.24) is 0 Å². The molecule has 0 aliphatic heterocycles. The van der Waals surface area contributed by atoms with Gasteiger partial charge >= 0.3 is 51.4 Å². The summed E-state index contributed by atoms with van der Waals surface area (Å²) in [4.78, 5) is 0. The van der Waals surface area contributed by atoms with Crippen LogP contribution in [0, 0.1) is 5.92 Å². The van der Waals surface area contributed by atoms with Crippen LogP contribution in [0.4, 0.5) is 0 Å². The van der Waals surface area contributed by atoms with Gasteiger partial charge in [-0.15, -0.1) is 0 Å². The predicted octanol–water partition coefficient (Wildman–Crippen LogP) is 3.92. The summed E-state index contributed by atoms with van der Waals surface area (Å²) in [5, 5.41) is 0. The van der Waals surface area contributed by atoms with Crippen LogP contribution in [0.5, 0.6) is 0 Å². The van der Waals surface area contributed by atoms with Gasteiger partial charge in [0, 0.05) is 5.92 Å². The Morgan fingerprint density at radius 3 is 1.75 bits per heavy atom. The molecule has 0 saturated heterocycles. The zero-order valence-electron chi connectivity index (χ0n) is 18.8. The van der Waals surface area contributed by atoms with Crippen molar-refractivity contribution in [3.8, 4) is 0 Å². The van der Waals surface area contributed by atoms with Crippen LogP contribution in [0.15, 0.2) is 12.2 Å². The van der Waals surface area contributed by atoms with Crippen molar-refractivity contribution in [1.29, 1.82) is 0 Å². The average molecular weight is 443 g/mol. The Balaban J connectivity index is 0. The molecule has 28 heavy (non-hydrogen) atoms. The minimum atomic E-state index is -4.60. The van der Waals surface area contributed by atoms with E-state index in [9.17, 15) is 13.0 Å². The number of allylic oxidation sites excluding steroid dienone is 1. The molecule has 0 saturated carbocycles. The van der Waals surface area contributed by atoms with E-state index < -0.39 is 10.4 Å². The van der Waals surface area contributed by atoms with Gasteiger partial charge in [0.1, 0.15) is 0 Å². The molecule has 0 radical (unpaired) electrons. The number of unbranched alkanes of at least 4 members (excludes halogenated alkanes) is 13. The van der Waals surface area contributed by atoms with Crippen molar-refractivity contribution >= 4 is 10.4 Å². The molecular formula is C22H43KO4S. The van der Waals surface area contributed by atoms with Gasteiger partial charge in [0.15, 0.2) is 0 Å². The van der Waals surface area contributed by atoms with Crippen LogP contribution in [0.1, 0.15) is 117 Å². The van der Waals surface area contributed by atoms with E-state index in [2.05, 4.69) is 30.2 Å². The Morgan fingerprint density at radius 1 is 0.786 bits per heavy atom. The SMILES string of the molecule is CCCCCCC/C=C/C(CCCCCCCCCCC)COS(=O)(=O)[O-].[K+]. The Hall–Kier alpha value is 1.25. The Bertz CT molecular complexity index is 438. The molecule has 162 valence electrons. The van der Waals surface area contributed by atoms with Gasteiger partial charge in [-0.2, -0.15) is 0 Å². The van der Waals surface area contributed by atoms with Gasteiger partial charge in [-0.3, -0.25) is 4.18 Å². The van der Waals surface area contributed by atoms with Crippen molar-refractivity contribution in [3.63, 3.8) is 0 Å². The first-order valence-electron chi connectivity index (χ1n) is 11.3. The van der Waals surface area contributed by atoms with Crippen LogP contribution in [0.2, 0.25) is 0 Å². The molecule has 0 fully saturated rings. The van der Waals surface area contributed by atoms with Gasteiger partial charge in [0.05, 0.1) is 6.61 Å². The van der Waals surface area contributed by atoms with E-state index in [1.54, 1.807) is 0 Å². The molecule has 4 nitrogen and oxygen atoms in total. The summed E-state index contributed by atoms with van der Waals surface area (Å²) < 4.78 is 36.7. The van der Waals surface area contributed by atoms with E-state index in [1.807, 2.05) is 0 Å². The monoisotopic (exact) mass is 442 g/mol. The second-order valence-corrected chi connectivity index (χ2v) is 8.75. The van der Waals surface area contributed by atoms with Crippen molar-refractivity contribution < 1.29 is 68.5 Å². The van der Waals surface area contributed by atoms with Gasteiger partial charge in [-0.05, 0) is 19.3 Å². The van der Waals surface area contributed by atoms with E-state index in [-0.39, 0.29) is 63.9 Å². The van der Waals surface area contributed by atoms with Crippen LogP contribution in [0.3, 0.4) is 0 Å². The van der Waals surface area contributed by atoms with Gasteiger partial charge in [-0.25, -0.2) is 8.42 Å². The minimum Gasteiger partial charge on any atom is -0.726 e. The van der Waals surface area contributed by atoms with E-state index in [0.717, 1.165) is 19.3 Å². The third kappa shape index (κ3) is 25.3. The van der Waals surface area contributed by atoms with Crippen LogP contribution >= 0.6 is 0 Å². The number of hydrogen-bond donors (Lipinski definition) is 0. The van der Waals surface area contributed by atoms with E-state index in [1.165, 1.54) is 83.5 Å². The summed E-state index contributed by atoms with van der Waals surface area (Å²) in [5.74, 6) is 0.0221. The normalized spacial score (nSPS) is 13.0. The van der Waals surface area contributed by atoms with Crippen LogP contribution in [0.25, 0.3) is 0 Å². The molecule has 0 rings (SSSR count). The molecule has 0 spiro atoms. The number of hydrogen-bond acceptors (Lipinski definition) is 4. The maximum absolute atomic E-state index is 10.7. The summed E-state index contributed by atoms with van der Waals surface area (Å²) in [6.07, 6.45) is 23.7. The first-order chi connectivity index (χ1) is 13.0. The molecule has 0 heterocycles. The van der Waals surface area contributed by atoms with Crippen molar-refractivity contribution in [3.05, 3.63) is 12.2 Å². The fraction of sp³-hybridized carbons (Fsp3) is 0.909. The summed E-state index contributed by atoms with van der Waals surface area (Å²) in [6.45, 7) is 4.43. The Labute approximate surface area is 218 Å². The van der Waals surface area contributed by atoms with E-state index in [0.29, 0.717) is 0 Å². The van der Waals surface area contributed by atoms with Gasteiger partial charge in [0.25, 0.3) is 0 Å². The maximum atomic E-state index is 10.7. The molecule has 0 aromatic heterocycles. The van der Waals surface area contributed by atoms with Crippen molar-refractivity contribution in [2.45, 2.75) is 117 Å². The summed E-state index contributed by atoms with van der Waals surface area (Å²) >= 11 is 0. The molecule has 0 aliphatic rings. The molecule has 0 aromatic carbocycles. The Kier molecular flexibility index (Phi) is 25.7. The molecule has 6 heteroatoms. The zero-order chi connectivity index (χ0) is 20.2. The van der Waals surface area contributed by atoms with Crippen LogP contribution < -0.4 is 51.4 Å². The van der Waals surface area contributed by atoms with E-state index in [4.69, 9.17) is 0 Å². The van der Waals surface area contributed by atoms with Gasteiger partial charge in [-0.1, -0.05) is 109 Å². The van der Waals surface area contributed by atoms with Crippen LogP contribution in [-0.4, -0.2) is 19.6 Å². The molecule has 0 amide bonds. The quantitative estimate of drug-likeness (QED) is 0.0942. The molecule has 1 atom stereocenters. The molecule has 0 aromatic rings. The topological polar surface area (TPSA) is 66.4 Å². The fourth-order valence-electron chi connectivity index (χ4n) is 3.28. The molecule has 0 bridgehead atoms. The third-order valence-electron chi connectivity index (χ3n) is 4.99. The van der Waals surface area contributed by atoms with Crippen molar-refractivity contribution in [2.24, 2.45) is 5.92 Å². The summed E-state index contributed by atoms with van der Waals surface area (Å²) in [6, 6.07) is 0. The van der Waals surface area contributed by atoms with E-state index >= 15 is 0 Å². The zero-order valence-corrected chi connectivity index (χ0v) is 22.7. The fourth-order valence-corrected chi connectivity index (χ4v) is 3.62. The smallest absolute Gasteiger partial charge is 0.726 e. The first kappa shape index (κ1) is 31.4. The standard InChI is InChI=1S/C22H44O4S.K/c1-3-5-7-9-11-12-14-16-18-20-22(21-26-27(23,24)25)19-17-15-13-10-8-6-4-2;/h17,19,22H,3-16,18,20-21H2,1-2H3,(H,23,24,25);/q;+1/p-1/b19-17+;. The van der Waals surface area contributed by atoms with Crippen LogP contribution in [-0.2, 0) is 14.6 Å². The molecule has 1 unspecified atom stereocenters. The van der Waals surface area contributed by atoms with Gasteiger partial charge in [0.2, 0.25) is 10.4 Å². The second kappa shape index (κ2) is 22.9. The average Bonchev–Trinajstić information content (AvgIpc) is 2.62. The minimum absolute atomic E-state index is 0. The first-order valence-corrected chi connectivity index (χ1v) is 12.6. The molecular weight excluding hydrogens is 399 g/mol. The largest absolute Gasteiger partial charge is 1.00 e. The van der Waals surface area contributed by atoms with Gasteiger partial charge < -0.3 is 4.55 Å².